The van der Waals surface area contributed by atoms with Crippen molar-refractivity contribution in [2.75, 3.05) is 0 Å². The summed E-state index contributed by atoms with van der Waals surface area (Å²) >= 11 is -1.20. The van der Waals surface area contributed by atoms with Crippen LogP contribution in [-0.2, 0) is 0 Å². The number of rotatable bonds is 1. The van der Waals surface area contributed by atoms with Crippen LogP contribution in [0.4, 0.5) is 0 Å². The summed E-state index contributed by atoms with van der Waals surface area (Å²) < 4.78 is 1.19. The first-order chi connectivity index (χ1) is 4.67. The van der Waals surface area contributed by atoms with Crippen molar-refractivity contribution in [2.45, 2.75) is 54.1 Å². The van der Waals surface area contributed by atoms with E-state index >= 15 is 0 Å². The van der Waals surface area contributed by atoms with E-state index in [0.29, 0.717) is 0 Å². The Morgan fingerprint density at radius 3 is 2.40 bits per heavy atom. The second-order valence-corrected chi connectivity index (χ2v) is 15.4. The Balaban J connectivity index is 2.51. The third-order valence-electron chi connectivity index (χ3n) is 3.22. The van der Waals surface area contributed by atoms with E-state index in [-0.39, 0.29) is 0 Å². The summed E-state index contributed by atoms with van der Waals surface area (Å²) in [6, 6.07) is 0. The summed E-state index contributed by atoms with van der Waals surface area (Å²) in [5, 5.41) is 1.64. The molecule has 0 spiro atoms. The van der Waals surface area contributed by atoms with Crippen LogP contribution >= 0.6 is 0 Å². The maximum atomic E-state index is 2.62. The molecule has 1 atom stereocenters. The first-order valence-electron chi connectivity index (χ1n) is 4.67. The Kier molecular flexibility index (Phi) is 2.84. The first kappa shape index (κ1) is 8.64. The molecule has 0 nitrogen and oxygen atoms in total. The van der Waals surface area contributed by atoms with Gasteiger partial charge in [0.25, 0.3) is 0 Å². The molecule has 1 aliphatic heterocycles. The fourth-order valence-electron chi connectivity index (χ4n) is 2.32. The van der Waals surface area contributed by atoms with E-state index in [4.69, 9.17) is 0 Å². The molecule has 0 aromatic carbocycles. The van der Waals surface area contributed by atoms with Crippen molar-refractivity contribution in [3.8, 4) is 0 Å². The summed E-state index contributed by atoms with van der Waals surface area (Å²) in [4.78, 5) is 0. The summed E-state index contributed by atoms with van der Waals surface area (Å²) in [5.41, 5.74) is 0. The van der Waals surface area contributed by atoms with Crippen LogP contribution < -0.4 is 0 Å². The van der Waals surface area contributed by atoms with E-state index in [1.165, 1.54) is 17.6 Å². The zero-order valence-electron chi connectivity index (χ0n) is 7.61. The first-order valence-corrected chi connectivity index (χ1v) is 11.6. The summed E-state index contributed by atoms with van der Waals surface area (Å²) in [6.07, 6.45) is 6.09. The molecule has 1 heterocycles. The molecule has 0 saturated carbocycles. The minimum atomic E-state index is -1.20. The van der Waals surface area contributed by atoms with Gasteiger partial charge in [0.15, 0.2) is 0 Å². The SMILES string of the molecule is CC[CH]1CCC[CH2][Ge]1([CH3])[CH3]. The van der Waals surface area contributed by atoms with Crippen molar-refractivity contribution in [1.29, 1.82) is 0 Å². The maximum absolute atomic E-state index is 2.62. The molecule has 0 radical (unpaired) electrons. The molecule has 0 aromatic rings. The molecular weight excluding hydrogens is 181 g/mol. The van der Waals surface area contributed by atoms with E-state index in [0.717, 1.165) is 0 Å². The van der Waals surface area contributed by atoms with Gasteiger partial charge in [-0.05, 0) is 0 Å². The van der Waals surface area contributed by atoms with Crippen molar-refractivity contribution in [3.63, 3.8) is 0 Å². The molecule has 1 aliphatic rings. The summed E-state index contributed by atoms with van der Waals surface area (Å²) in [6.45, 7) is 2.38. The van der Waals surface area contributed by atoms with E-state index in [9.17, 15) is 0 Å². The molecule has 1 heteroatoms. The van der Waals surface area contributed by atoms with Crippen LogP contribution in [0.25, 0.3) is 0 Å². The zero-order valence-corrected chi connectivity index (χ0v) is 9.71. The standard InChI is InChI=1S/C9H20Ge/c1-4-9-7-5-6-8-10(9,2)3/h9H,4-8H2,1-3H3. The monoisotopic (exact) mass is 202 g/mol. The third-order valence-corrected chi connectivity index (χ3v) is 12.8. The molecule has 1 rings (SSSR count). The van der Waals surface area contributed by atoms with Gasteiger partial charge in [0, 0.05) is 0 Å². The van der Waals surface area contributed by atoms with Crippen LogP contribution in [0.15, 0.2) is 0 Å². The quantitative estimate of drug-likeness (QED) is 0.567. The van der Waals surface area contributed by atoms with E-state index in [2.05, 4.69) is 18.4 Å². The molecule has 0 N–H and O–H groups in total. The molecule has 1 unspecified atom stereocenters. The van der Waals surface area contributed by atoms with Gasteiger partial charge < -0.3 is 0 Å². The molecule has 1 fully saturated rings. The topological polar surface area (TPSA) is 0 Å². The van der Waals surface area contributed by atoms with Crippen LogP contribution in [0.5, 0.6) is 0 Å². The van der Waals surface area contributed by atoms with Gasteiger partial charge in [-0.2, -0.15) is 0 Å². The van der Waals surface area contributed by atoms with E-state index in [1.807, 2.05) is 0 Å². The van der Waals surface area contributed by atoms with Gasteiger partial charge >= 0.3 is 67.4 Å². The van der Waals surface area contributed by atoms with Gasteiger partial charge in [-0.15, -0.1) is 0 Å². The molecular formula is C9H20Ge. The Morgan fingerprint density at radius 2 is 2.00 bits per heavy atom. The van der Waals surface area contributed by atoms with Gasteiger partial charge in [-0.25, -0.2) is 0 Å². The fraction of sp³-hybridized carbons (Fsp3) is 1.00. The Labute approximate surface area is 67.8 Å². The molecule has 0 amide bonds. The van der Waals surface area contributed by atoms with Crippen molar-refractivity contribution < 1.29 is 0 Å². The molecule has 0 aliphatic carbocycles. The van der Waals surface area contributed by atoms with Crippen molar-refractivity contribution in [3.05, 3.63) is 0 Å². The van der Waals surface area contributed by atoms with Gasteiger partial charge in [-0.1, -0.05) is 0 Å². The second kappa shape index (κ2) is 3.29. The van der Waals surface area contributed by atoms with Gasteiger partial charge in [0.1, 0.15) is 0 Å². The normalized spacial score (nSPS) is 32.1. The summed E-state index contributed by atoms with van der Waals surface area (Å²) in [7, 11) is 0. The number of hydrogen-bond acceptors (Lipinski definition) is 0. The second-order valence-electron chi connectivity index (χ2n) is 4.34. The van der Waals surface area contributed by atoms with Crippen LogP contribution in [0, 0.1) is 0 Å². The third kappa shape index (κ3) is 1.78. The van der Waals surface area contributed by atoms with Crippen LogP contribution in [0.1, 0.15) is 32.6 Å². The predicted molar refractivity (Wildman–Crippen MR) is 50.2 cm³/mol. The van der Waals surface area contributed by atoms with Crippen LogP contribution in [-0.4, -0.2) is 13.3 Å². The molecule has 60 valence electrons. The van der Waals surface area contributed by atoms with Gasteiger partial charge in [0.2, 0.25) is 0 Å². The minimum absolute atomic E-state index is 1.19. The van der Waals surface area contributed by atoms with Gasteiger partial charge in [-0.3, -0.25) is 0 Å². The Morgan fingerprint density at radius 1 is 1.30 bits per heavy atom. The zero-order chi connectivity index (χ0) is 7.61. The predicted octanol–water partition coefficient (Wildman–Crippen LogP) is 3.66. The van der Waals surface area contributed by atoms with Crippen LogP contribution in [0.2, 0.25) is 21.5 Å². The molecule has 0 aromatic heterocycles. The average Bonchev–Trinajstić information content (AvgIpc) is 1.87. The molecule has 0 bridgehead atoms. The average molecular weight is 201 g/mol. The fourth-order valence-corrected chi connectivity index (χ4v) is 10.0. The van der Waals surface area contributed by atoms with Gasteiger partial charge in [0.05, 0.1) is 0 Å². The molecule has 10 heavy (non-hydrogen) atoms. The van der Waals surface area contributed by atoms with E-state index < -0.39 is 13.3 Å². The molecule has 1 saturated heterocycles. The van der Waals surface area contributed by atoms with Crippen molar-refractivity contribution >= 4 is 13.3 Å². The Bertz CT molecular complexity index is 107. The Hall–Kier alpha value is 0.543. The summed E-state index contributed by atoms with van der Waals surface area (Å²) in [5.74, 6) is 5.24. The van der Waals surface area contributed by atoms with Crippen molar-refractivity contribution in [1.82, 2.24) is 0 Å². The van der Waals surface area contributed by atoms with Crippen molar-refractivity contribution in [2.24, 2.45) is 0 Å². The number of hydrogen-bond donors (Lipinski definition) is 0. The van der Waals surface area contributed by atoms with E-state index in [1.54, 1.807) is 18.1 Å². The van der Waals surface area contributed by atoms with Crippen LogP contribution in [0.3, 0.4) is 0 Å².